The summed E-state index contributed by atoms with van der Waals surface area (Å²) < 4.78 is 6.05. The third kappa shape index (κ3) is 4.62. The highest BCUT2D eigenvalue weighted by Crippen LogP contribution is 2.44. The Balaban J connectivity index is 1.19. The molecular formula is C48H33N3S. The second-order valence-corrected chi connectivity index (χ2v) is 14.2. The summed E-state index contributed by atoms with van der Waals surface area (Å²) in [5.74, 6) is 0. The Morgan fingerprint density at radius 1 is 0.500 bits per heavy atom. The first kappa shape index (κ1) is 30.3. The first-order chi connectivity index (χ1) is 25.7. The molecule has 10 aromatic rings. The lowest BCUT2D eigenvalue weighted by molar-refractivity contribution is 1.17. The van der Waals surface area contributed by atoms with Crippen LogP contribution in [0.4, 0.5) is 5.69 Å². The molecule has 0 radical (unpaired) electrons. The van der Waals surface area contributed by atoms with Crippen LogP contribution in [-0.2, 0) is 0 Å². The van der Waals surface area contributed by atoms with E-state index in [2.05, 4.69) is 178 Å². The predicted octanol–water partition coefficient (Wildman–Crippen LogP) is 13.8. The van der Waals surface area contributed by atoms with E-state index in [9.17, 15) is 0 Å². The minimum absolute atomic E-state index is 1.00. The van der Waals surface area contributed by atoms with Crippen LogP contribution in [-0.4, -0.2) is 15.3 Å². The van der Waals surface area contributed by atoms with Gasteiger partial charge in [0.2, 0.25) is 0 Å². The molecule has 0 aliphatic rings. The number of para-hydroxylation sites is 3. The van der Waals surface area contributed by atoms with Crippen LogP contribution in [0.25, 0.3) is 93.4 Å². The zero-order valence-corrected chi connectivity index (χ0v) is 29.4. The molecule has 10 rings (SSSR count). The van der Waals surface area contributed by atoms with Crippen molar-refractivity contribution in [3.8, 4) is 33.6 Å². The number of nitrogens with zero attached hydrogens (tertiary/aromatic N) is 3. The number of aliphatic imine (C=N–C) groups is 1. The SMILES string of the molecule is C=Cc1sc2cc(-c3cccc(-c4ccc5c6c7c8ccccc8n(-c8ccccc8)c7ccc6n(-c6ccccc6)c5c4)c3)ccc2c1/N=C\C. The maximum absolute atomic E-state index is 4.65. The average molecular weight is 684 g/mol. The maximum atomic E-state index is 4.65. The smallest absolute Gasteiger partial charge is 0.0884 e. The maximum Gasteiger partial charge on any atom is 0.0884 e. The van der Waals surface area contributed by atoms with Crippen LogP contribution in [0.5, 0.6) is 0 Å². The normalized spacial score (nSPS) is 11.9. The molecular weight excluding hydrogens is 651 g/mol. The van der Waals surface area contributed by atoms with Gasteiger partial charge in [-0.1, -0.05) is 104 Å². The lowest BCUT2D eigenvalue weighted by Gasteiger charge is -2.10. The van der Waals surface area contributed by atoms with Gasteiger partial charge in [0.15, 0.2) is 0 Å². The summed E-state index contributed by atoms with van der Waals surface area (Å²) in [6.45, 7) is 5.99. The van der Waals surface area contributed by atoms with Crippen LogP contribution in [0.1, 0.15) is 11.8 Å². The summed E-state index contributed by atoms with van der Waals surface area (Å²) in [4.78, 5) is 5.75. The number of hydrogen-bond donors (Lipinski definition) is 0. The third-order valence-electron chi connectivity index (χ3n) is 10.3. The van der Waals surface area contributed by atoms with Gasteiger partial charge in [0.25, 0.3) is 0 Å². The second kappa shape index (κ2) is 12.1. The summed E-state index contributed by atoms with van der Waals surface area (Å²) in [7, 11) is 0. The average Bonchev–Trinajstić information content (AvgIpc) is 3.85. The van der Waals surface area contributed by atoms with E-state index in [1.165, 1.54) is 70.6 Å². The summed E-state index contributed by atoms with van der Waals surface area (Å²) in [5.41, 5.74) is 12.9. The predicted molar refractivity (Wildman–Crippen MR) is 225 cm³/mol. The Hall–Kier alpha value is -6.49. The Kier molecular flexibility index (Phi) is 7.05. The van der Waals surface area contributed by atoms with Crippen molar-refractivity contribution in [3.63, 3.8) is 0 Å². The van der Waals surface area contributed by atoms with Crippen molar-refractivity contribution < 1.29 is 0 Å². The first-order valence-corrected chi connectivity index (χ1v) is 18.4. The summed E-state index contributed by atoms with van der Waals surface area (Å²) >= 11 is 1.74. The Morgan fingerprint density at radius 2 is 1.06 bits per heavy atom. The molecule has 0 aliphatic heterocycles. The third-order valence-corrected chi connectivity index (χ3v) is 11.4. The van der Waals surface area contributed by atoms with E-state index < -0.39 is 0 Å². The van der Waals surface area contributed by atoms with Gasteiger partial charge < -0.3 is 9.13 Å². The van der Waals surface area contributed by atoms with Gasteiger partial charge in [-0.3, -0.25) is 4.99 Å². The second-order valence-electron chi connectivity index (χ2n) is 13.1. The van der Waals surface area contributed by atoms with Crippen molar-refractivity contribution in [3.05, 3.63) is 169 Å². The van der Waals surface area contributed by atoms with Crippen LogP contribution in [0.15, 0.2) is 169 Å². The highest BCUT2D eigenvalue weighted by atomic mass is 32.1. The van der Waals surface area contributed by atoms with Gasteiger partial charge >= 0.3 is 0 Å². The zero-order chi connectivity index (χ0) is 34.8. The van der Waals surface area contributed by atoms with Gasteiger partial charge in [-0.15, -0.1) is 11.3 Å². The number of hydrogen-bond acceptors (Lipinski definition) is 2. The standard InChI is InChI=1S/C48H33N3S/c1-3-44-48(49-4-2)39-25-23-34(30-45(39)52-44)32-15-13-14-31(28-32)33-22-24-38-43(29-33)51(36-18-9-6-10-19-36)42-27-26-41-46(47(38)42)37-20-11-12-21-40(37)50(41)35-16-7-5-8-17-35/h3-30H,1H2,2H3/b49-4-. The molecule has 0 bridgehead atoms. The molecule has 0 saturated heterocycles. The largest absolute Gasteiger partial charge is 0.309 e. The minimum atomic E-state index is 1.00. The molecule has 0 aliphatic carbocycles. The number of rotatable bonds is 6. The minimum Gasteiger partial charge on any atom is -0.309 e. The molecule has 246 valence electrons. The highest BCUT2D eigenvalue weighted by molar-refractivity contribution is 7.20. The molecule has 52 heavy (non-hydrogen) atoms. The molecule has 0 unspecified atom stereocenters. The highest BCUT2D eigenvalue weighted by Gasteiger charge is 2.21. The summed E-state index contributed by atoms with van der Waals surface area (Å²) in [6, 6.07) is 57.5. The van der Waals surface area contributed by atoms with Gasteiger partial charge in [0, 0.05) is 49.2 Å². The molecule has 7 aromatic carbocycles. The van der Waals surface area contributed by atoms with Crippen LogP contribution in [0, 0.1) is 0 Å². The van der Waals surface area contributed by atoms with Crippen LogP contribution < -0.4 is 0 Å². The quantitative estimate of drug-likeness (QED) is 0.156. The van der Waals surface area contributed by atoms with Crippen LogP contribution in [0.3, 0.4) is 0 Å². The van der Waals surface area contributed by atoms with E-state index >= 15 is 0 Å². The van der Waals surface area contributed by atoms with Crippen molar-refractivity contribution in [1.29, 1.82) is 0 Å². The number of aromatic nitrogens is 2. The molecule has 3 heterocycles. The zero-order valence-electron chi connectivity index (χ0n) is 28.6. The van der Waals surface area contributed by atoms with E-state index in [4.69, 9.17) is 0 Å². The Bertz CT molecular complexity index is 3030. The molecule has 0 saturated carbocycles. The molecule has 3 nitrogen and oxygen atoms in total. The molecule has 0 fully saturated rings. The number of benzene rings is 7. The van der Waals surface area contributed by atoms with Crippen molar-refractivity contribution in [2.75, 3.05) is 0 Å². The van der Waals surface area contributed by atoms with Crippen molar-refractivity contribution in [1.82, 2.24) is 9.13 Å². The Morgan fingerprint density at radius 3 is 1.71 bits per heavy atom. The van der Waals surface area contributed by atoms with Crippen LogP contribution >= 0.6 is 11.3 Å². The molecule has 0 atom stereocenters. The van der Waals surface area contributed by atoms with Gasteiger partial charge in [-0.2, -0.15) is 0 Å². The monoisotopic (exact) mass is 683 g/mol. The van der Waals surface area contributed by atoms with E-state index in [-0.39, 0.29) is 0 Å². The number of thiophene rings is 1. The lowest BCUT2D eigenvalue weighted by atomic mass is 9.97. The Labute approximate surface area is 305 Å². The van der Waals surface area contributed by atoms with Crippen molar-refractivity contribution >= 4 is 83.0 Å². The topological polar surface area (TPSA) is 22.2 Å². The molecule has 3 aromatic heterocycles. The van der Waals surface area contributed by atoms with E-state index in [1.54, 1.807) is 11.3 Å². The van der Waals surface area contributed by atoms with E-state index in [0.717, 1.165) is 27.3 Å². The molecule has 0 N–H and O–H groups in total. The summed E-state index contributed by atoms with van der Waals surface area (Å²) in [5, 5.41) is 6.22. The van der Waals surface area contributed by atoms with Gasteiger partial charge in [-0.05, 0) is 95.9 Å². The van der Waals surface area contributed by atoms with Gasteiger partial charge in [0.1, 0.15) is 0 Å². The van der Waals surface area contributed by atoms with Gasteiger partial charge in [-0.25, -0.2) is 0 Å². The molecule has 4 heteroatoms. The van der Waals surface area contributed by atoms with E-state index in [0.29, 0.717) is 0 Å². The van der Waals surface area contributed by atoms with Crippen molar-refractivity contribution in [2.24, 2.45) is 4.99 Å². The van der Waals surface area contributed by atoms with Gasteiger partial charge in [0.05, 0.1) is 32.6 Å². The lowest BCUT2D eigenvalue weighted by Crippen LogP contribution is -1.94. The number of fused-ring (bicyclic) bond motifs is 8. The molecule has 0 amide bonds. The molecule has 0 spiro atoms. The summed E-state index contributed by atoms with van der Waals surface area (Å²) in [6.07, 6.45) is 3.76. The van der Waals surface area contributed by atoms with Crippen LogP contribution in [0.2, 0.25) is 0 Å². The fourth-order valence-electron chi connectivity index (χ4n) is 8.02. The van der Waals surface area contributed by atoms with E-state index in [1.807, 2.05) is 19.2 Å². The fraction of sp³-hybridized carbons (Fsp3) is 0.0208. The van der Waals surface area contributed by atoms with Crippen molar-refractivity contribution in [2.45, 2.75) is 6.92 Å². The fourth-order valence-corrected chi connectivity index (χ4v) is 9.06. The first-order valence-electron chi connectivity index (χ1n) is 17.6.